The van der Waals surface area contributed by atoms with Gasteiger partial charge in [-0.1, -0.05) is 42.5 Å². The van der Waals surface area contributed by atoms with Crippen LogP contribution in [0.15, 0.2) is 59.5 Å². The maximum atomic E-state index is 12.3. The van der Waals surface area contributed by atoms with Crippen LogP contribution < -0.4 is 10.6 Å². The van der Waals surface area contributed by atoms with Gasteiger partial charge in [-0.05, 0) is 44.3 Å². The molecule has 2 rings (SSSR count). The number of sulfone groups is 1. The van der Waals surface area contributed by atoms with Crippen LogP contribution in [-0.4, -0.2) is 46.2 Å². The highest BCUT2D eigenvalue weighted by Gasteiger charge is 2.16. The fourth-order valence-electron chi connectivity index (χ4n) is 2.80. The minimum Gasteiger partial charge on any atom is -0.336 e. The monoisotopic (exact) mass is 389 g/mol. The maximum absolute atomic E-state index is 12.3. The van der Waals surface area contributed by atoms with Crippen molar-refractivity contribution in [2.75, 3.05) is 26.9 Å². The summed E-state index contributed by atoms with van der Waals surface area (Å²) < 4.78 is 23.1. The number of urea groups is 1. The van der Waals surface area contributed by atoms with Crippen LogP contribution in [0.25, 0.3) is 0 Å². The van der Waals surface area contributed by atoms with E-state index in [9.17, 15) is 13.2 Å². The number of carbonyl (C=O) groups is 1. The van der Waals surface area contributed by atoms with Crippen molar-refractivity contribution in [1.82, 2.24) is 15.5 Å². The SMILES string of the molecule is CC(NC(=O)NCC(c1ccccc1)N(C)C)c1ccc(S(C)(=O)=O)cc1. The molecule has 27 heavy (non-hydrogen) atoms. The summed E-state index contributed by atoms with van der Waals surface area (Å²) >= 11 is 0. The number of likely N-dealkylation sites (N-methyl/N-ethyl adjacent to an activating group) is 1. The lowest BCUT2D eigenvalue weighted by Crippen LogP contribution is -2.41. The zero-order valence-electron chi connectivity index (χ0n) is 16.1. The third-order valence-corrected chi connectivity index (χ3v) is 5.55. The highest BCUT2D eigenvalue weighted by Crippen LogP contribution is 2.18. The second-order valence-corrected chi connectivity index (χ2v) is 8.82. The molecule has 7 heteroatoms. The number of hydrogen-bond donors (Lipinski definition) is 2. The molecule has 2 aromatic rings. The largest absolute Gasteiger partial charge is 0.336 e. The molecule has 0 saturated heterocycles. The van der Waals surface area contributed by atoms with Crippen LogP contribution in [-0.2, 0) is 9.84 Å². The third-order valence-electron chi connectivity index (χ3n) is 4.42. The van der Waals surface area contributed by atoms with Crippen molar-refractivity contribution in [1.29, 1.82) is 0 Å². The summed E-state index contributed by atoms with van der Waals surface area (Å²) in [6.45, 7) is 2.33. The zero-order valence-corrected chi connectivity index (χ0v) is 17.0. The molecule has 0 radical (unpaired) electrons. The first-order valence-electron chi connectivity index (χ1n) is 8.74. The molecule has 2 atom stereocenters. The molecular formula is C20H27N3O3S. The number of nitrogens with one attached hydrogen (secondary N) is 2. The van der Waals surface area contributed by atoms with Crippen molar-refractivity contribution in [3.05, 3.63) is 65.7 Å². The lowest BCUT2D eigenvalue weighted by atomic mass is 10.1. The third kappa shape index (κ3) is 6.08. The topological polar surface area (TPSA) is 78.5 Å². The van der Waals surface area contributed by atoms with Crippen LogP contribution in [0, 0.1) is 0 Å². The Balaban J connectivity index is 1.94. The van der Waals surface area contributed by atoms with Gasteiger partial charge in [-0.2, -0.15) is 0 Å². The van der Waals surface area contributed by atoms with Crippen LogP contribution in [0.5, 0.6) is 0 Å². The number of amides is 2. The molecule has 0 bridgehead atoms. The van der Waals surface area contributed by atoms with Gasteiger partial charge in [0.2, 0.25) is 0 Å². The molecule has 2 amide bonds. The Labute approximate surface area is 161 Å². The first-order valence-corrected chi connectivity index (χ1v) is 10.6. The fourth-order valence-corrected chi connectivity index (χ4v) is 3.43. The molecule has 0 saturated carbocycles. The first kappa shape index (κ1) is 20.9. The van der Waals surface area contributed by atoms with Crippen molar-refractivity contribution in [3.8, 4) is 0 Å². The predicted molar refractivity (Wildman–Crippen MR) is 107 cm³/mol. The Morgan fingerprint density at radius 2 is 1.59 bits per heavy atom. The number of benzene rings is 2. The van der Waals surface area contributed by atoms with E-state index in [1.165, 1.54) is 6.26 Å². The van der Waals surface area contributed by atoms with Crippen molar-refractivity contribution in [2.45, 2.75) is 23.9 Å². The van der Waals surface area contributed by atoms with Gasteiger partial charge in [0.1, 0.15) is 0 Å². The van der Waals surface area contributed by atoms with Gasteiger partial charge in [-0.15, -0.1) is 0 Å². The average Bonchev–Trinajstić information content (AvgIpc) is 2.62. The molecule has 0 spiro atoms. The molecule has 0 heterocycles. The Kier molecular flexibility index (Phi) is 6.98. The van der Waals surface area contributed by atoms with Gasteiger partial charge in [0.15, 0.2) is 9.84 Å². The van der Waals surface area contributed by atoms with Gasteiger partial charge in [-0.25, -0.2) is 13.2 Å². The molecule has 6 nitrogen and oxygen atoms in total. The molecule has 0 aliphatic heterocycles. The van der Waals surface area contributed by atoms with Gasteiger partial charge in [-0.3, -0.25) is 0 Å². The van der Waals surface area contributed by atoms with E-state index in [-0.39, 0.29) is 23.0 Å². The molecular weight excluding hydrogens is 362 g/mol. The maximum Gasteiger partial charge on any atom is 0.315 e. The second kappa shape index (κ2) is 9.01. The zero-order chi connectivity index (χ0) is 20.0. The Morgan fingerprint density at radius 1 is 1.00 bits per heavy atom. The summed E-state index contributed by atoms with van der Waals surface area (Å²) in [6.07, 6.45) is 1.17. The number of hydrogen-bond acceptors (Lipinski definition) is 4. The van der Waals surface area contributed by atoms with Crippen molar-refractivity contribution in [2.24, 2.45) is 0 Å². The molecule has 0 fully saturated rings. The van der Waals surface area contributed by atoms with E-state index < -0.39 is 9.84 Å². The van der Waals surface area contributed by atoms with Crippen molar-refractivity contribution >= 4 is 15.9 Å². The molecule has 2 unspecified atom stereocenters. The van der Waals surface area contributed by atoms with Crippen LogP contribution >= 0.6 is 0 Å². The quantitative estimate of drug-likeness (QED) is 0.763. The molecule has 0 aliphatic rings. The van der Waals surface area contributed by atoms with Gasteiger partial charge in [0.25, 0.3) is 0 Å². The van der Waals surface area contributed by atoms with E-state index in [2.05, 4.69) is 15.5 Å². The summed E-state index contributed by atoms with van der Waals surface area (Å²) in [4.78, 5) is 14.6. The smallest absolute Gasteiger partial charge is 0.315 e. The summed E-state index contributed by atoms with van der Waals surface area (Å²) in [5.74, 6) is 0. The molecule has 146 valence electrons. The Morgan fingerprint density at radius 3 is 2.11 bits per heavy atom. The second-order valence-electron chi connectivity index (χ2n) is 6.81. The number of carbonyl (C=O) groups excluding carboxylic acids is 1. The summed E-state index contributed by atoms with van der Waals surface area (Å²) in [7, 11) is 0.725. The van der Waals surface area contributed by atoms with E-state index >= 15 is 0 Å². The molecule has 0 aliphatic carbocycles. The van der Waals surface area contributed by atoms with Gasteiger partial charge < -0.3 is 15.5 Å². The molecule has 0 aromatic heterocycles. The molecule has 2 aromatic carbocycles. The number of rotatable bonds is 7. The Bertz CT molecular complexity index is 850. The number of nitrogens with zero attached hydrogens (tertiary/aromatic N) is 1. The summed E-state index contributed by atoms with van der Waals surface area (Å²) in [5.41, 5.74) is 1.97. The summed E-state index contributed by atoms with van der Waals surface area (Å²) in [6, 6.07) is 16.1. The van der Waals surface area contributed by atoms with Crippen LogP contribution in [0.2, 0.25) is 0 Å². The first-order chi connectivity index (χ1) is 12.7. The highest BCUT2D eigenvalue weighted by molar-refractivity contribution is 7.90. The fraction of sp³-hybridized carbons (Fsp3) is 0.350. The standard InChI is InChI=1S/C20H27N3O3S/c1-15(16-10-12-18(13-11-16)27(4,25)26)22-20(24)21-14-19(23(2)3)17-8-6-5-7-9-17/h5-13,15,19H,14H2,1-4H3,(H2,21,22,24). The lowest BCUT2D eigenvalue weighted by Gasteiger charge is -2.25. The lowest BCUT2D eigenvalue weighted by molar-refractivity contribution is 0.230. The van der Waals surface area contributed by atoms with Gasteiger partial charge >= 0.3 is 6.03 Å². The van der Waals surface area contributed by atoms with Crippen LogP contribution in [0.1, 0.15) is 30.1 Å². The Hall–Kier alpha value is -2.38. The van der Waals surface area contributed by atoms with E-state index in [0.717, 1.165) is 11.1 Å². The van der Waals surface area contributed by atoms with E-state index in [1.807, 2.05) is 51.4 Å². The summed E-state index contributed by atoms with van der Waals surface area (Å²) in [5, 5.41) is 5.79. The van der Waals surface area contributed by atoms with E-state index in [1.54, 1.807) is 24.3 Å². The van der Waals surface area contributed by atoms with Crippen molar-refractivity contribution in [3.63, 3.8) is 0 Å². The van der Waals surface area contributed by atoms with E-state index in [4.69, 9.17) is 0 Å². The van der Waals surface area contributed by atoms with Crippen LogP contribution in [0.4, 0.5) is 4.79 Å². The van der Waals surface area contributed by atoms with Crippen LogP contribution in [0.3, 0.4) is 0 Å². The van der Waals surface area contributed by atoms with Gasteiger partial charge in [0.05, 0.1) is 17.0 Å². The molecule has 2 N–H and O–H groups in total. The van der Waals surface area contributed by atoms with Crippen molar-refractivity contribution < 1.29 is 13.2 Å². The van der Waals surface area contributed by atoms with E-state index in [0.29, 0.717) is 6.54 Å². The minimum absolute atomic E-state index is 0.0706. The minimum atomic E-state index is -3.23. The highest BCUT2D eigenvalue weighted by atomic mass is 32.2. The van der Waals surface area contributed by atoms with Gasteiger partial charge in [0, 0.05) is 12.8 Å². The predicted octanol–water partition coefficient (Wildman–Crippen LogP) is 2.75. The normalized spacial score (nSPS) is 13.8. The average molecular weight is 390 g/mol.